The third kappa shape index (κ3) is 26.3. The van der Waals surface area contributed by atoms with Crippen molar-refractivity contribution in [1.29, 1.82) is 0 Å². The Morgan fingerprint density at radius 1 is 0.418 bits per heavy atom. The van der Waals surface area contributed by atoms with Crippen LogP contribution >= 0.6 is 49.9 Å². The molecule has 12 heterocycles. The van der Waals surface area contributed by atoms with E-state index in [0.717, 1.165) is 238 Å². The summed E-state index contributed by atoms with van der Waals surface area (Å²) in [4.78, 5) is 39.7. The Kier molecular flexibility index (Phi) is 31.4. The third-order valence-corrected chi connectivity index (χ3v) is 29.7. The van der Waals surface area contributed by atoms with Gasteiger partial charge < -0.3 is 45.4 Å². The summed E-state index contributed by atoms with van der Waals surface area (Å²) in [5.41, 5.74) is 19.3. The summed E-state index contributed by atoms with van der Waals surface area (Å²) < 4.78 is 29.4. The molecule has 0 atom stereocenters. The molecular formula is C90H116BrN21O5S3Si2. The maximum atomic E-state index is 6.21. The van der Waals surface area contributed by atoms with Crippen LogP contribution < -0.4 is 31.5 Å². The molecule has 5 N–H and O–H groups in total. The summed E-state index contributed by atoms with van der Waals surface area (Å²) >= 11 is 8.48. The number of halogens is 1. The minimum atomic E-state index is -1.20. The van der Waals surface area contributed by atoms with Gasteiger partial charge in [-0.05, 0) is 174 Å². The summed E-state index contributed by atoms with van der Waals surface area (Å²) in [6.07, 6.45) is 20.5. The van der Waals surface area contributed by atoms with Gasteiger partial charge in [0.05, 0.1) is 96.5 Å². The summed E-state index contributed by atoms with van der Waals surface area (Å²) in [7, 11) is -2.34. The molecule has 0 radical (unpaired) electrons. The predicted molar refractivity (Wildman–Crippen MR) is 504 cm³/mol. The molecule has 3 saturated carbocycles. The summed E-state index contributed by atoms with van der Waals surface area (Å²) in [6.45, 7) is 30.4. The SMILES string of the molecule is C[Si](C)(C)CCOCN(c1ccc2ncc(Br)cc2n1)c1nnc(C2CCCC2)s1.C[Si](C)(C)CCOCN(c1ccc2ncc(Nc3ccc(CN4CCOCC4)cc3)cc2n1)c1nnc(C2CCCC2)s1.Nc1ccc(CN2CCOCC2)cc1.c1cc(Nc2cnc3ccc(Nc4nnc(C5CCCC5)s4)nc3c2)ccc1CN1CCOCC1. The van der Waals surface area contributed by atoms with Crippen molar-refractivity contribution in [2.24, 2.45) is 0 Å². The lowest BCUT2D eigenvalue weighted by Gasteiger charge is -2.26. The standard InChI is InChI=1S/C32H43N7O2SSi.C26H29N7OS.C21H28BrN5OSSi.C11H16N2O/c1-43(2,3)19-18-41-23-39(32-37-36-31(42-32)25-6-4-5-7-25)30-13-12-28-29(35-30)20-27(21-33-28)34-26-10-8-24(9-11-26)22-38-14-16-40-17-15-38;1-2-4-19(3-1)25-31-32-26(35-25)30-24-10-9-22-23(29-24)15-21(16-27-22)28-20-7-5-18(6-8-20)17-33-11-13-34-14-12-33;1-30(2,3)11-10-28-14-27(21-26-25-20(29-21)15-6-4-5-7-15)19-9-8-17-18(24-19)12-16(22)13-23-17;12-11-3-1-10(2-4-11)9-13-5-7-14-8-6-13/h8-13,20-21,25,34H,4-7,14-19,22-23H2,1-3H3;5-10,15-16,19,28H,1-4,11-14,17H2,(H,29,30,32);8-9,12-13,15H,4-7,10-11,14H2,1-3H3;1-4H,5-9,12H2. The van der Waals surface area contributed by atoms with Crippen LogP contribution in [0.15, 0.2) is 150 Å². The van der Waals surface area contributed by atoms with Crippen LogP contribution in [0.3, 0.4) is 0 Å². The van der Waals surface area contributed by atoms with E-state index >= 15 is 0 Å². The molecule has 0 spiro atoms. The van der Waals surface area contributed by atoms with Crippen LogP contribution in [0.1, 0.15) is 127 Å². The van der Waals surface area contributed by atoms with Crippen molar-refractivity contribution in [3.05, 3.63) is 182 Å². The van der Waals surface area contributed by atoms with Gasteiger partial charge in [0.2, 0.25) is 15.4 Å². The van der Waals surface area contributed by atoms with Crippen LogP contribution in [-0.2, 0) is 43.3 Å². The van der Waals surface area contributed by atoms with Crippen molar-refractivity contribution in [2.45, 2.75) is 166 Å². The van der Waals surface area contributed by atoms with Gasteiger partial charge in [-0.1, -0.05) is 148 Å². The molecule has 3 aromatic carbocycles. The summed E-state index contributed by atoms with van der Waals surface area (Å²) in [5.74, 6) is 4.00. The molecule has 6 fully saturated rings. The molecule has 26 nitrogen and oxygen atoms in total. The molecule has 0 amide bonds. The first-order chi connectivity index (χ1) is 59.4. The first-order valence-corrected chi connectivity index (χ1v) is 54.0. The number of nitrogens with one attached hydrogen (secondary N) is 3. The number of aromatic nitrogens is 12. The van der Waals surface area contributed by atoms with Gasteiger partial charge in [-0.2, -0.15) is 0 Å². The normalized spacial score (nSPS) is 16.6. The smallest absolute Gasteiger partial charge is 0.215 e. The first-order valence-electron chi connectivity index (χ1n) is 43.3. The van der Waals surface area contributed by atoms with Crippen molar-refractivity contribution >= 4 is 160 Å². The fraction of sp³-hybridized carbons (Fsp3) is 0.467. The van der Waals surface area contributed by atoms with Crippen LogP contribution in [0.5, 0.6) is 0 Å². The highest BCUT2D eigenvalue weighted by Gasteiger charge is 2.28. The van der Waals surface area contributed by atoms with Gasteiger partial charge in [0.1, 0.15) is 45.9 Å². The molecule has 644 valence electrons. The predicted octanol–water partition coefficient (Wildman–Crippen LogP) is 20.1. The van der Waals surface area contributed by atoms with E-state index in [0.29, 0.717) is 31.2 Å². The second-order valence-corrected chi connectivity index (χ2v) is 49.9. The zero-order valence-electron chi connectivity index (χ0n) is 71.2. The molecule has 12 aromatic rings. The lowest BCUT2D eigenvalue weighted by atomic mass is 10.1. The third-order valence-electron chi connectivity index (χ3n) is 22.6. The van der Waals surface area contributed by atoms with E-state index in [2.05, 4.69) is 198 Å². The first kappa shape index (κ1) is 88.3. The molecule has 18 rings (SSSR count). The van der Waals surface area contributed by atoms with Crippen molar-refractivity contribution < 1.29 is 23.7 Å². The lowest BCUT2D eigenvalue weighted by molar-refractivity contribution is 0.0341. The van der Waals surface area contributed by atoms with Gasteiger partial charge in [-0.3, -0.25) is 39.5 Å². The quantitative estimate of drug-likeness (QED) is 0.0147. The van der Waals surface area contributed by atoms with E-state index in [1.807, 2.05) is 78.0 Å². The number of nitrogen functional groups attached to an aromatic ring is 1. The molecule has 0 unspecified atom stereocenters. The number of morpholine rings is 3. The maximum Gasteiger partial charge on any atom is 0.215 e. The molecule has 32 heteroatoms. The van der Waals surface area contributed by atoms with Crippen LogP contribution in [-0.4, -0.2) is 197 Å². The molecule has 6 aliphatic rings. The number of ether oxygens (including phenoxy) is 5. The Hall–Kier alpha value is -8.59. The fourth-order valence-corrected chi connectivity index (χ4v) is 20.2. The largest absolute Gasteiger partial charge is 0.399 e. The highest BCUT2D eigenvalue weighted by molar-refractivity contribution is 9.10. The van der Waals surface area contributed by atoms with E-state index in [1.165, 1.54) is 93.7 Å². The molecule has 122 heavy (non-hydrogen) atoms. The van der Waals surface area contributed by atoms with E-state index in [9.17, 15) is 0 Å². The monoisotopic (exact) mass is 1800 g/mol. The Bertz CT molecular complexity index is 5260. The Labute approximate surface area is 739 Å². The zero-order valence-corrected chi connectivity index (χ0v) is 77.3. The van der Waals surface area contributed by atoms with Crippen LogP contribution in [0, 0.1) is 0 Å². The number of benzene rings is 3. The number of rotatable bonds is 29. The van der Waals surface area contributed by atoms with Crippen molar-refractivity contribution in [3.8, 4) is 0 Å². The summed E-state index contributed by atoms with van der Waals surface area (Å²) in [5, 5.41) is 43.1. The minimum Gasteiger partial charge on any atom is -0.399 e. The highest BCUT2D eigenvalue weighted by atomic mass is 79.9. The Morgan fingerprint density at radius 3 is 1.22 bits per heavy atom. The van der Waals surface area contributed by atoms with Crippen LogP contribution in [0.25, 0.3) is 33.1 Å². The number of fused-ring (bicyclic) bond motifs is 3. The van der Waals surface area contributed by atoms with E-state index in [1.54, 1.807) is 40.2 Å². The summed E-state index contributed by atoms with van der Waals surface area (Å²) in [6, 6.07) is 45.5. The Balaban J connectivity index is 0.000000133. The van der Waals surface area contributed by atoms with E-state index < -0.39 is 16.1 Å². The van der Waals surface area contributed by atoms with Gasteiger partial charge >= 0.3 is 0 Å². The second kappa shape index (κ2) is 43.3. The molecule has 3 saturated heterocycles. The number of pyridine rings is 6. The topological polar surface area (TPSA) is 279 Å². The number of hydrogen-bond donors (Lipinski definition) is 4. The maximum absolute atomic E-state index is 6.21. The van der Waals surface area contributed by atoms with Crippen molar-refractivity contribution in [2.75, 3.05) is 137 Å². The fourth-order valence-electron chi connectivity index (χ4n) is 15.5. The van der Waals surface area contributed by atoms with Crippen molar-refractivity contribution in [3.63, 3.8) is 0 Å². The second-order valence-electron chi connectivity index (χ2n) is 34.7. The number of nitrogens with zero attached hydrogens (tertiary/aromatic N) is 17. The van der Waals surface area contributed by atoms with Crippen LogP contribution in [0.2, 0.25) is 51.4 Å². The van der Waals surface area contributed by atoms with Gasteiger partial charge in [-0.25, -0.2) is 15.0 Å². The molecule has 3 aliphatic heterocycles. The lowest BCUT2D eigenvalue weighted by Crippen LogP contribution is -2.35. The van der Waals surface area contributed by atoms with Gasteiger partial charge in [-0.15, -0.1) is 30.6 Å². The number of hydrogen-bond acceptors (Lipinski definition) is 29. The molecular weight excluding hydrogens is 1690 g/mol. The van der Waals surface area contributed by atoms with E-state index in [-0.39, 0.29) is 0 Å². The molecule has 0 bridgehead atoms. The average molecular weight is 1800 g/mol. The van der Waals surface area contributed by atoms with Crippen LogP contribution in [0.4, 0.5) is 61.3 Å². The number of nitrogens with two attached hydrogens (primary N) is 1. The van der Waals surface area contributed by atoms with Gasteiger partial charge in [0.15, 0.2) is 0 Å². The average Bonchev–Trinajstić information content (AvgIpc) is 1.07. The Morgan fingerprint density at radius 2 is 0.795 bits per heavy atom. The molecule has 9 aromatic heterocycles. The van der Waals surface area contributed by atoms with Crippen molar-refractivity contribution in [1.82, 2.24) is 75.2 Å². The number of anilines is 11. The van der Waals surface area contributed by atoms with Gasteiger partial charge in [0, 0.05) is 134 Å². The zero-order chi connectivity index (χ0) is 84.0. The van der Waals surface area contributed by atoms with Gasteiger partial charge in [0.25, 0.3) is 0 Å². The highest BCUT2D eigenvalue weighted by Crippen LogP contribution is 2.42. The molecule has 3 aliphatic carbocycles. The minimum absolute atomic E-state index is 0.393. The van der Waals surface area contributed by atoms with E-state index in [4.69, 9.17) is 49.4 Å².